The van der Waals surface area contributed by atoms with Gasteiger partial charge in [0.15, 0.2) is 0 Å². The number of unbranched alkanes of at least 4 members (excludes halogenated alkanes) is 3. The monoisotopic (exact) mass is 431 g/mol. The summed E-state index contributed by atoms with van der Waals surface area (Å²) in [5.41, 5.74) is 1.24. The Balaban J connectivity index is 1.94. The van der Waals surface area contributed by atoms with E-state index in [0.29, 0.717) is 30.2 Å². The van der Waals surface area contributed by atoms with Crippen LogP contribution in [0, 0.1) is 0 Å². The average molecular weight is 432 g/mol. The van der Waals surface area contributed by atoms with Crippen molar-refractivity contribution in [2.75, 3.05) is 18.5 Å². The molecule has 0 aromatic heterocycles. The van der Waals surface area contributed by atoms with Gasteiger partial charge in [-0.15, -0.1) is 0 Å². The maximum atomic E-state index is 12.5. The lowest BCUT2D eigenvalue weighted by Gasteiger charge is -2.11. The van der Waals surface area contributed by atoms with Crippen LogP contribution in [0.1, 0.15) is 43.0 Å². The molecule has 27 heavy (non-hydrogen) atoms. The van der Waals surface area contributed by atoms with Gasteiger partial charge in [-0.1, -0.05) is 44.9 Å². The van der Waals surface area contributed by atoms with Crippen molar-refractivity contribution in [3.05, 3.63) is 65.2 Å². The summed E-state index contributed by atoms with van der Waals surface area (Å²) in [6.07, 6.45) is 6.32. The second-order valence-electron chi connectivity index (χ2n) is 6.14. The fourth-order valence-corrected chi connectivity index (χ4v) is 2.99. The third-order valence-electron chi connectivity index (χ3n) is 3.91. The highest BCUT2D eigenvalue weighted by Gasteiger charge is 2.10. The number of carbonyl (C=O) groups is 1. The molecule has 2 aromatic carbocycles. The van der Waals surface area contributed by atoms with Crippen molar-refractivity contribution >= 4 is 27.5 Å². The lowest BCUT2D eigenvalue weighted by molar-refractivity contribution is 0.102. The summed E-state index contributed by atoms with van der Waals surface area (Å²) in [6, 6.07) is 12.7. The first-order chi connectivity index (χ1) is 13.1. The normalized spacial score (nSPS) is 10.3. The van der Waals surface area contributed by atoms with E-state index in [2.05, 4.69) is 34.7 Å². The van der Waals surface area contributed by atoms with E-state index in [1.165, 1.54) is 19.3 Å². The van der Waals surface area contributed by atoms with Crippen LogP contribution >= 0.6 is 15.9 Å². The van der Waals surface area contributed by atoms with Crippen LogP contribution in [0.15, 0.2) is 59.6 Å². The summed E-state index contributed by atoms with van der Waals surface area (Å²) >= 11 is 3.43. The molecule has 1 amide bonds. The number of carbonyl (C=O) groups excluding carboxylic acids is 1. The van der Waals surface area contributed by atoms with E-state index in [1.54, 1.807) is 24.3 Å². The lowest BCUT2D eigenvalue weighted by atomic mass is 10.2. The number of hydrogen-bond donors (Lipinski definition) is 1. The van der Waals surface area contributed by atoms with Crippen molar-refractivity contribution in [2.24, 2.45) is 0 Å². The molecule has 0 radical (unpaired) electrons. The number of hydrogen-bond acceptors (Lipinski definition) is 3. The number of rotatable bonds is 11. The molecule has 0 heterocycles. The molecule has 2 rings (SSSR count). The zero-order chi connectivity index (χ0) is 19.5. The first-order valence-electron chi connectivity index (χ1n) is 9.21. The van der Waals surface area contributed by atoms with Crippen LogP contribution in [0.4, 0.5) is 5.69 Å². The van der Waals surface area contributed by atoms with Crippen LogP contribution in [-0.4, -0.2) is 19.1 Å². The molecule has 0 saturated heterocycles. The number of ether oxygens (including phenoxy) is 2. The van der Waals surface area contributed by atoms with E-state index in [-0.39, 0.29) is 5.91 Å². The molecule has 0 spiro atoms. The SMILES string of the molecule is C=CCOc1ccc(C(=O)Nc2cccc(OCCCCCC)c2)cc1Br. The van der Waals surface area contributed by atoms with Gasteiger partial charge < -0.3 is 14.8 Å². The molecule has 0 fully saturated rings. The smallest absolute Gasteiger partial charge is 0.255 e. The molecule has 4 nitrogen and oxygen atoms in total. The van der Waals surface area contributed by atoms with E-state index < -0.39 is 0 Å². The predicted molar refractivity (Wildman–Crippen MR) is 114 cm³/mol. The number of benzene rings is 2. The van der Waals surface area contributed by atoms with Crippen LogP contribution in [0.5, 0.6) is 11.5 Å². The van der Waals surface area contributed by atoms with Gasteiger partial charge in [-0.25, -0.2) is 0 Å². The summed E-state index contributed by atoms with van der Waals surface area (Å²) in [5.74, 6) is 1.25. The minimum Gasteiger partial charge on any atom is -0.494 e. The van der Waals surface area contributed by atoms with Crippen LogP contribution in [0.2, 0.25) is 0 Å². The molecule has 0 atom stereocenters. The van der Waals surface area contributed by atoms with Gasteiger partial charge in [0.05, 0.1) is 11.1 Å². The Kier molecular flexibility index (Phi) is 8.92. The first kappa shape index (κ1) is 21.0. The third kappa shape index (κ3) is 7.10. The molecule has 1 N–H and O–H groups in total. The van der Waals surface area contributed by atoms with E-state index in [0.717, 1.165) is 16.6 Å². The first-order valence-corrected chi connectivity index (χ1v) is 10.0. The fourth-order valence-electron chi connectivity index (χ4n) is 2.49. The Hall–Kier alpha value is -2.27. The van der Waals surface area contributed by atoms with Gasteiger partial charge >= 0.3 is 0 Å². The molecule has 0 unspecified atom stereocenters. The third-order valence-corrected chi connectivity index (χ3v) is 4.53. The highest BCUT2D eigenvalue weighted by Crippen LogP contribution is 2.27. The predicted octanol–water partition coefficient (Wildman–Crippen LogP) is 6.23. The number of halogens is 1. The fraction of sp³-hybridized carbons (Fsp3) is 0.318. The Morgan fingerprint density at radius 1 is 1.15 bits per heavy atom. The molecule has 0 aliphatic carbocycles. The number of anilines is 1. The molecular formula is C22H26BrNO3. The quantitative estimate of drug-likeness (QED) is 0.339. The molecule has 0 aliphatic heterocycles. The summed E-state index contributed by atoms with van der Waals surface area (Å²) in [7, 11) is 0. The molecule has 144 valence electrons. The molecule has 0 saturated carbocycles. The van der Waals surface area contributed by atoms with Crippen LogP contribution in [0.3, 0.4) is 0 Å². The van der Waals surface area contributed by atoms with Gasteiger partial charge in [-0.2, -0.15) is 0 Å². The maximum Gasteiger partial charge on any atom is 0.255 e. The van der Waals surface area contributed by atoms with Gasteiger partial charge in [-0.05, 0) is 52.7 Å². The summed E-state index contributed by atoms with van der Waals surface area (Å²) in [6.45, 7) is 6.91. The highest BCUT2D eigenvalue weighted by atomic mass is 79.9. The van der Waals surface area contributed by atoms with Crippen LogP contribution in [-0.2, 0) is 0 Å². The van der Waals surface area contributed by atoms with Gasteiger partial charge in [0.25, 0.3) is 5.91 Å². The highest BCUT2D eigenvalue weighted by molar-refractivity contribution is 9.10. The van der Waals surface area contributed by atoms with Gasteiger partial charge in [0.1, 0.15) is 18.1 Å². The topological polar surface area (TPSA) is 47.6 Å². The summed E-state index contributed by atoms with van der Waals surface area (Å²) in [5, 5.41) is 2.90. The number of nitrogens with one attached hydrogen (secondary N) is 1. The Bertz CT molecular complexity index is 761. The minimum absolute atomic E-state index is 0.189. The molecular weight excluding hydrogens is 406 g/mol. The molecule has 0 aliphatic rings. The maximum absolute atomic E-state index is 12.5. The van der Waals surface area contributed by atoms with E-state index >= 15 is 0 Å². The van der Waals surface area contributed by atoms with Crippen molar-refractivity contribution in [1.29, 1.82) is 0 Å². The zero-order valence-electron chi connectivity index (χ0n) is 15.7. The van der Waals surface area contributed by atoms with Gasteiger partial charge in [0.2, 0.25) is 0 Å². The van der Waals surface area contributed by atoms with E-state index in [1.807, 2.05) is 24.3 Å². The minimum atomic E-state index is -0.189. The van der Waals surface area contributed by atoms with Crippen LogP contribution in [0.25, 0.3) is 0 Å². The number of amides is 1. The van der Waals surface area contributed by atoms with Crippen LogP contribution < -0.4 is 14.8 Å². The van der Waals surface area contributed by atoms with Crippen molar-refractivity contribution in [3.63, 3.8) is 0 Å². The van der Waals surface area contributed by atoms with Crippen molar-refractivity contribution in [2.45, 2.75) is 32.6 Å². The second kappa shape index (κ2) is 11.4. The Labute approximate surface area is 169 Å². The Morgan fingerprint density at radius 2 is 2.00 bits per heavy atom. The van der Waals surface area contributed by atoms with E-state index in [4.69, 9.17) is 9.47 Å². The molecule has 2 aromatic rings. The van der Waals surface area contributed by atoms with Gasteiger partial charge in [-0.3, -0.25) is 4.79 Å². The largest absolute Gasteiger partial charge is 0.494 e. The van der Waals surface area contributed by atoms with Crippen molar-refractivity contribution < 1.29 is 14.3 Å². The Morgan fingerprint density at radius 3 is 2.74 bits per heavy atom. The zero-order valence-corrected chi connectivity index (χ0v) is 17.3. The summed E-state index contributed by atoms with van der Waals surface area (Å²) in [4.78, 5) is 12.5. The molecule has 5 heteroatoms. The lowest BCUT2D eigenvalue weighted by Crippen LogP contribution is -2.12. The van der Waals surface area contributed by atoms with Gasteiger partial charge in [0, 0.05) is 17.3 Å². The standard InChI is InChI=1S/C22H26BrNO3/c1-3-5-6-7-14-26-19-10-8-9-18(16-19)24-22(25)17-11-12-21(20(23)15-17)27-13-4-2/h4,8-12,15-16H,2-3,5-7,13-14H2,1H3,(H,24,25). The second-order valence-corrected chi connectivity index (χ2v) is 6.99. The van der Waals surface area contributed by atoms with Crippen molar-refractivity contribution in [1.82, 2.24) is 0 Å². The average Bonchev–Trinajstić information content (AvgIpc) is 2.67. The van der Waals surface area contributed by atoms with Crippen molar-refractivity contribution in [3.8, 4) is 11.5 Å². The van der Waals surface area contributed by atoms with E-state index in [9.17, 15) is 4.79 Å². The summed E-state index contributed by atoms with van der Waals surface area (Å²) < 4.78 is 12.0. The molecule has 0 bridgehead atoms.